The van der Waals surface area contributed by atoms with Crippen molar-refractivity contribution in [1.82, 2.24) is 0 Å². The minimum atomic E-state index is -0.807. The fourth-order valence-electron chi connectivity index (χ4n) is 6.45. The molecule has 6 nitrogen and oxygen atoms in total. The minimum absolute atomic E-state index is 0.105. The Labute approximate surface area is 375 Å². The summed E-state index contributed by atoms with van der Waals surface area (Å²) in [6.45, 7) is 6.38. The summed E-state index contributed by atoms with van der Waals surface area (Å²) in [5, 5.41) is 0. The van der Waals surface area contributed by atoms with Crippen LogP contribution in [0.5, 0.6) is 0 Å². The topological polar surface area (TPSA) is 78.9 Å². The van der Waals surface area contributed by atoms with Gasteiger partial charge >= 0.3 is 17.9 Å². The van der Waals surface area contributed by atoms with E-state index in [1.807, 2.05) is 48.6 Å². The van der Waals surface area contributed by atoms with Crippen molar-refractivity contribution in [3.8, 4) is 0 Å². The highest BCUT2D eigenvalue weighted by molar-refractivity contribution is 5.71. The first-order valence-electron chi connectivity index (χ1n) is 24.8. The molecule has 0 saturated heterocycles. The van der Waals surface area contributed by atoms with Gasteiger partial charge in [0.25, 0.3) is 0 Å². The van der Waals surface area contributed by atoms with Gasteiger partial charge in [0.2, 0.25) is 0 Å². The van der Waals surface area contributed by atoms with E-state index >= 15 is 0 Å². The molecular formula is C55H90O6. The number of unbranched alkanes of at least 4 members (excludes halogenated alkanes) is 21. The average molecular weight is 847 g/mol. The highest BCUT2D eigenvalue weighted by Gasteiger charge is 2.19. The second kappa shape index (κ2) is 49.0. The van der Waals surface area contributed by atoms with Gasteiger partial charge in [0.15, 0.2) is 6.10 Å². The van der Waals surface area contributed by atoms with Crippen LogP contribution in [-0.4, -0.2) is 37.2 Å². The standard InChI is InChI=1S/C55H90O6/c1-4-7-10-13-16-19-22-25-27-30-33-36-39-42-45-48-54(57)60-51-52(50-59-53(56)47-44-41-38-35-32-29-24-21-18-15-12-9-6-3)61-55(58)49-46-43-40-37-34-31-28-26-23-20-17-14-11-8-5-2/h7,10,13,16-17,19-20,22-23,25-27,29-30,32-33,52H,4-6,8-9,11-12,14-15,18,21,24,28,31,34-51H2,1-3H3/b10-7-,16-13-,20-17-,22-19-,26-23-,27-25-,32-29-,33-30-. The molecule has 0 aliphatic heterocycles. The third-order valence-electron chi connectivity index (χ3n) is 10.2. The van der Waals surface area contributed by atoms with Gasteiger partial charge in [-0.15, -0.1) is 0 Å². The van der Waals surface area contributed by atoms with E-state index < -0.39 is 6.10 Å². The number of allylic oxidation sites excluding steroid dienone is 16. The van der Waals surface area contributed by atoms with Crippen LogP contribution in [0.4, 0.5) is 0 Å². The summed E-state index contributed by atoms with van der Waals surface area (Å²) in [6, 6.07) is 0. The van der Waals surface area contributed by atoms with E-state index in [1.165, 1.54) is 77.0 Å². The molecule has 0 spiro atoms. The molecule has 0 N–H and O–H groups in total. The Morgan fingerprint density at radius 2 is 0.656 bits per heavy atom. The van der Waals surface area contributed by atoms with E-state index in [0.29, 0.717) is 19.3 Å². The maximum Gasteiger partial charge on any atom is 0.306 e. The molecule has 1 unspecified atom stereocenters. The van der Waals surface area contributed by atoms with E-state index in [-0.39, 0.29) is 31.1 Å². The van der Waals surface area contributed by atoms with Gasteiger partial charge in [-0.1, -0.05) is 201 Å². The van der Waals surface area contributed by atoms with Gasteiger partial charge in [0.1, 0.15) is 13.2 Å². The molecule has 1 atom stereocenters. The maximum absolute atomic E-state index is 12.8. The van der Waals surface area contributed by atoms with Crippen molar-refractivity contribution in [2.24, 2.45) is 0 Å². The van der Waals surface area contributed by atoms with Gasteiger partial charge < -0.3 is 14.2 Å². The van der Waals surface area contributed by atoms with Crippen LogP contribution >= 0.6 is 0 Å². The zero-order valence-corrected chi connectivity index (χ0v) is 39.4. The van der Waals surface area contributed by atoms with Crippen LogP contribution in [-0.2, 0) is 28.6 Å². The molecule has 0 fully saturated rings. The molecule has 0 aromatic rings. The Bertz CT molecular complexity index is 1250. The summed E-state index contributed by atoms with van der Waals surface area (Å²) in [4.78, 5) is 37.9. The molecule has 0 aliphatic rings. The molecule has 0 bridgehead atoms. The highest BCUT2D eigenvalue weighted by atomic mass is 16.6. The summed E-state index contributed by atoms with van der Waals surface area (Å²) in [7, 11) is 0. The summed E-state index contributed by atoms with van der Waals surface area (Å²) in [5.74, 6) is -0.980. The van der Waals surface area contributed by atoms with Crippen molar-refractivity contribution in [2.75, 3.05) is 13.2 Å². The van der Waals surface area contributed by atoms with Crippen molar-refractivity contribution in [3.63, 3.8) is 0 Å². The second-order valence-electron chi connectivity index (χ2n) is 16.1. The van der Waals surface area contributed by atoms with Crippen LogP contribution in [0, 0.1) is 0 Å². The number of hydrogen-bond acceptors (Lipinski definition) is 6. The van der Waals surface area contributed by atoms with Crippen molar-refractivity contribution >= 4 is 17.9 Å². The van der Waals surface area contributed by atoms with Crippen LogP contribution < -0.4 is 0 Å². The summed E-state index contributed by atoms with van der Waals surface area (Å²) < 4.78 is 16.7. The third-order valence-corrected chi connectivity index (χ3v) is 10.2. The highest BCUT2D eigenvalue weighted by Crippen LogP contribution is 2.13. The molecule has 0 radical (unpaired) electrons. The predicted molar refractivity (Wildman–Crippen MR) is 260 cm³/mol. The van der Waals surface area contributed by atoms with Crippen molar-refractivity contribution < 1.29 is 28.6 Å². The monoisotopic (exact) mass is 847 g/mol. The fourth-order valence-corrected chi connectivity index (χ4v) is 6.45. The number of carbonyl (C=O) groups is 3. The second-order valence-corrected chi connectivity index (χ2v) is 16.1. The molecule has 0 saturated carbocycles. The van der Waals surface area contributed by atoms with Gasteiger partial charge in [-0.2, -0.15) is 0 Å². The number of ether oxygens (including phenoxy) is 3. The van der Waals surface area contributed by atoms with E-state index in [1.54, 1.807) is 0 Å². The minimum Gasteiger partial charge on any atom is -0.462 e. The van der Waals surface area contributed by atoms with Crippen molar-refractivity contribution in [2.45, 2.75) is 219 Å². The molecule has 0 amide bonds. The molecule has 6 heteroatoms. The molecular weight excluding hydrogens is 757 g/mol. The normalized spacial score (nSPS) is 12.9. The van der Waals surface area contributed by atoms with Gasteiger partial charge in [-0.25, -0.2) is 0 Å². The van der Waals surface area contributed by atoms with Crippen molar-refractivity contribution in [1.29, 1.82) is 0 Å². The molecule has 0 aromatic heterocycles. The Morgan fingerprint density at radius 1 is 0.344 bits per heavy atom. The summed E-state index contributed by atoms with van der Waals surface area (Å²) in [6.07, 6.45) is 63.8. The lowest BCUT2D eigenvalue weighted by molar-refractivity contribution is -0.167. The number of esters is 3. The first kappa shape index (κ1) is 57.3. The van der Waals surface area contributed by atoms with Crippen LogP contribution in [0.1, 0.15) is 213 Å². The first-order valence-corrected chi connectivity index (χ1v) is 24.8. The van der Waals surface area contributed by atoms with E-state index in [0.717, 1.165) is 96.3 Å². The van der Waals surface area contributed by atoms with Gasteiger partial charge in [0, 0.05) is 19.3 Å². The maximum atomic E-state index is 12.8. The predicted octanol–water partition coefficient (Wildman–Crippen LogP) is 16.2. The number of rotatable bonds is 43. The van der Waals surface area contributed by atoms with E-state index in [2.05, 4.69) is 69.4 Å². The van der Waals surface area contributed by atoms with Crippen LogP contribution in [0.3, 0.4) is 0 Å². The molecule has 0 heterocycles. The zero-order chi connectivity index (χ0) is 44.4. The molecule has 0 aliphatic carbocycles. The lowest BCUT2D eigenvalue weighted by Gasteiger charge is -2.18. The molecule has 346 valence electrons. The first-order chi connectivity index (χ1) is 30.0. The number of hydrogen-bond donors (Lipinski definition) is 0. The molecule has 0 rings (SSSR count). The molecule has 0 aromatic carbocycles. The lowest BCUT2D eigenvalue weighted by Crippen LogP contribution is -2.30. The van der Waals surface area contributed by atoms with Crippen LogP contribution in [0.15, 0.2) is 97.2 Å². The van der Waals surface area contributed by atoms with E-state index in [9.17, 15) is 14.4 Å². The van der Waals surface area contributed by atoms with Gasteiger partial charge in [0.05, 0.1) is 0 Å². The summed E-state index contributed by atoms with van der Waals surface area (Å²) >= 11 is 0. The quantitative estimate of drug-likeness (QED) is 0.0200. The van der Waals surface area contributed by atoms with Gasteiger partial charge in [-0.05, 0) is 89.9 Å². The fraction of sp³-hybridized carbons (Fsp3) is 0.655. The Kier molecular flexibility index (Phi) is 46.0. The third kappa shape index (κ3) is 47.2. The zero-order valence-electron chi connectivity index (χ0n) is 39.4. The lowest BCUT2D eigenvalue weighted by atomic mass is 10.1. The Hall–Kier alpha value is -3.67. The van der Waals surface area contributed by atoms with Crippen LogP contribution in [0.25, 0.3) is 0 Å². The van der Waals surface area contributed by atoms with Crippen LogP contribution in [0.2, 0.25) is 0 Å². The van der Waals surface area contributed by atoms with Crippen molar-refractivity contribution in [3.05, 3.63) is 97.2 Å². The Balaban J connectivity index is 4.52. The average Bonchev–Trinajstić information content (AvgIpc) is 3.26. The van der Waals surface area contributed by atoms with E-state index in [4.69, 9.17) is 14.2 Å². The molecule has 61 heavy (non-hydrogen) atoms. The Morgan fingerprint density at radius 3 is 1.11 bits per heavy atom. The largest absolute Gasteiger partial charge is 0.462 e. The SMILES string of the molecule is CC\C=C/C=C\C=C/C=C\C=C/CCCCCC(=O)OCC(COC(=O)CCCCC/C=C\CCCCCCCC)OC(=O)CCCCCCCC/C=C\C=C/CCCCC. The number of carbonyl (C=O) groups excluding carboxylic acids is 3. The van der Waals surface area contributed by atoms with Gasteiger partial charge in [-0.3, -0.25) is 14.4 Å². The smallest absolute Gasteiger partial charge is 0.306 e. The summed E-state index contributed by atoms with van der Waals surface area (Å²) in [5.41, 5.74) is 0.